The minimum Gasteiger partial charge on any atom is -0.497 e. The summed E-state index contributed by atoms with van der Waals surface area (Å²) >= 11 is 0. The van der Waals surface area contributed by atoms with Crippen molar-refractivity contribution >= 4 is 5.91 Å². The lowest BCUT2D eigenvalue weighted by Gasteiger charge is -2.33. The zero-order chi connectivity index (χ0) is 17.0. The van der Waals surface area contributed by atoms with Crippen LogP contribution < -0.4 is 14.8 Å². The zero-order valence-electron chi connectivity index (χ0n) is 13.1. The van der Waals surface area contributed by atoms with Crippen molar-refractivity contribution in [2.24, 2.45) is 5.92 Å². The van der Waals surface area contributed by atoms with E-state index in [9.17, 15) is 18.0 Å². The van der Waals surface area contributed by atoms with E-state index in [-0.39, 0.29) is 12.0 Å². The fourth-order valence-electron chi connectivity index (χ4n) is 2.93. The highest BCUT2D eigenvalue weighted by Gasteiger charge is 2.46. The van der Waals surface area contributed by atoms with Crippen molar-refractivity contribution in [3.8, 4) is 11.5 Å². The van der Waals surface area contributed by atoms with E-state index in [0.717, 1.165) is 0 Å². The van der Waals surface area contributed by atoms with Gasteiger partial charge < -0.3 is 14.8 Å². The largest absolute Gasteiger partial charge is 0.497 e. The number of carbonyl (C=O) groups is 1. The molecular formula is C16H20F3NO3. The number of hydrogen-bond acceptors (Lipinski definition) is 3. The Balaban J connectivity index is 2.20. The molecule has 1 saturated carbocycles. The van der Waals surface area contributed by atoms with Gasteiger partial charge in [0.1, 0.15) is 11.5 Å². The molecule has 1 aliphatic rings. The summed E-state index contributed by atoms with van der Waals surface area (Å²) in [7, 11) is 2.85. The van der Waals surface area contributed by atoms with Crippen molar-refractivity contribution in [3.05, 3.63) is 23.8 Å². The summed E-state index contributed by atoms with van der Waals surface area (Å²) in [6, 6.07) is 3.72. The third-order valence-electron chi connectivity index (χ3n) is 4.15. The Bertz CT molecular complexity index is 560. The lowest BCUT2D eigenvalue weighted by atomic mass is 9.84. The SMILES string of the molecule is COc1ccc(OC)c(C(=O)N[C@@H]2CCCC[C@H]2C(F)(F)F)c1. The Morgan fingerprint density at radius 1 is 1.17 bits per heavy atom. The molecule has 23 heavy (non-hydrogen) atoms. The highest BCUT2D eigenvalue weighted by atomic mass is 19.4. The highest BCUT2D eigenvalue weighted by Crippen LogP contribution is 2.38. The van der Waals surface area contributed by atoms with Crippen LogP contribution >= 0.6 is 0 Å². The van der Waals surface area contributed by atoms with Gasteiger partial charge in [-0.3, -0.25) is 4.79 Å². The van der Waals surface area contributed by atoms with E-state index in [0.29, 0.717) is 30.8 Å². The second kappa shape index (κ2) is 7.10. The molecule has 1 aliphatic carbocycles. The summed E-state index contributed by atoms with van der Waals surface area (Å²) < 4.78 is 49.5. The molecule has 0 unspecified atom stereocenters. The molecule has 1 N–H and O–H groups in total. The molecule has 0 aromatic heterocycles. The molecule has 0 radical (unpaired) electrons. The van der Waals surface area contributed by atoms with Gasteiger partial charge in [0.2, 0.25) is 0 Å². The number of ether oxygens (including phenoxy) is 2. The van der Waals surface area contributed by atoms with Crippen LogP contribution in [-0.2, 0) is 0 Å². The number of rotatable bonds is 4. The van der Waals surface area contributed by atoms with E-state index >= 15 is 0 Å². The van der Waals surface area contributed by atoms with Crippen molar-refractivity contribution in [3.63, 3.8) is 0 Å². The Labute approximate surface area is 133 Å². The van der Waals surface area contributed by atoms with Gasteiger partial charge in [-0.25, -0.2) is 0 Å². The van der Waals surface area contributed by atoms with Crippen LogP contribution in [0.1, 0.15) is 36.0 Å². The first-order valence-electron chi connectivity index (χ1n) is 7.46. The van der Waals surface area contributed by atoms with Crippen LogP contribution in [0.25, 0.3) is 0 Å². The van der Waals surface area contributed by atoms with Crippen molar-refractivity contribution in [2.75, 3.05) is 14.2 Å². The minimum atomic E-state index is -4.31. The van der Waals surface area contributed by atoms with Gasteiger partial charge in [-0.2, -0.15) is 13.2 Å². The van der Waals surface area contributed by atoms with Crippen LogP contribution in [0.3, 0.4) is 0 Å². The first kappa shape index (κ1) is 17.4. The van der Waals surface area contributed by atoms with Crippen LogP contribution in [0.15, 0.2) is 18.2 Å². The molecule has 2 rings (SSSR count). The first-order chi connectivity index (χ1) is 10.9. The number of methoxy groups -OCH3 is 2. The van der Waals surface area contributed by atoms with Crippen molar-refractivity contribution in [1.82, 2.24) is 5.32 Å². The molecule has 0 heterocycles. The van der Waals surface area contributed by atoms with Gasteiger partial charge in [-0.15, -0.1) is 0 Å². The van der Waals surface area contributed by atoms with E-state index < -0.39 is 24.0 Å². The second-order valence-corrected chi connectivity index (χ2v) is 5.58. The topological polar surface area (TPSA) is 47.6 Å². The van der Waals surface area contributed by atoms with Crippen LogP contribution in [0, 0.1) is 5.92 Å². The van der Waals surface area contributed by atoms with Crippen LogP contribution in [0.2, 0.25) is 0 Å². The van der Waals surface area contributed by atoms with Gasteiger partial charge >= 0.3 is 6.18 Å². The number of amides is 1. The van der Waals surface area contributed by atoms with Gasteiger partial charge in [0.25, 0.3) is 5.91 Å². The summed E-state index contributed by atoms with van der Waals surface area (Å²) in [6.07, 6.45) is -2.74. The van der Waals surface area contributed by atoms with Crippen LogP contribution in [-0.4, -0.2) is 32.3 Å². The number of halogens is 3. The Hall–Kier alpha value is -1.92. The van der Waals surface area contributed by atoms with Crippen LogP contribution in [0.5, 0.6) is 11.5 Å². The van der Waals surface area contributed by atoms with Gasteiger partial charge in [0.15, 0.2) is 0 Å². The maximum Gasteiger partial charge on any atom is 0.393 e. The average molecular weight is 331 g/mol. The molecular weight excluding hydrogens is 311 g/mol. The first-order valence-corrected chi connectivity index (χ1v) is 7.46. The molecule has 2 atom stereocenters. The lowest BCUT2D eigenvalue weighted by Crippen LogP contribution is -2.47. The molecule has 0 bridgehead atoms. The number of alkyl halides is 3. The third-order valence-corrected chi connectivity index (χ3v) is 4.15. The number of benzene rings is 1. The predicted molar refractivity (Wildman–Crippen MR) is 78.8 cm³/mol. The zero-order valence-corrected chi connectivity index (χ0v) is 13.1. The van der Waals surface area contributed by atoms with Gasteiger partial charge in [-0.05, 0) is 31.0 Å². The lowest BCUT2D eigenvalue weighted by molar-refractivity contribution is -0.187. The standard InChI is InChI=1S/C16H20F3NO3/c1-22-10-7-8-14(23-2)11(9-10)15(21)20-13-6-4-3-5-12(13)16(17,18)19/h7-9,12-13H,3-6H2,1-2H3,(H,20,21)/t12-,13-/m1/s1. The summed E-state index contributed by atoms with van der Waals surface area (Å²) in [5.41, 5.74) is 0.165. The molecule has 0 saturated heterocycles. The van der Waals surface area contributed by atoms with Crippen molar-refractivity contribution < 1.29 is 27.4 Å². The smallest absolute Gasteiger partial charge is 0.393 e. The van der Waals surface area contributed by atoms with Gasteiger partial charge in [0, 0.05) is 6.04 Å². The van der Waals surface area contributed by atoms with Gasteiger partial charge in [-0.1, -0.05) is 12.8 Å². The van der Waals surface area contributed by atoms with Crippen molar-refractivity contribution in [2.45, 2.75) is 37.9 Å². The normalized spacial score (nSPS) is 21.6. The van der Waals surface area contributed by atoms with Crippen LogP contribution in [0.4, 0.5) is 13.2 Å². The molecule has 0 spiro atoms. The van der Waals surface area contributed by atoms with E-state index in [1.54, 1.807) is 12.1 Å². The molecule has 1 amide bonds. The Morgan fingerprint density at radius 2 is 1.87 bits per heavy atom. The van der Waals surface area contributed by atoms with Gasteiger partial charge in [0.05, 0.1) is 25.7 Å². The summed E-state index contributed by atoms with van der Waals surface area (Å²) in [5, 5.41) is 2.52. The average Bonchev–Trinajstić information content (AvgIpc) is 2.53. The molecule has 0 aliphatic heterocycles. The minimum absolute atomic E-state index is 0.0453. The third kappa shape index (κ3) is 4.09. The quantitative estimate of drug-likeness (QED) is 0.918. The maximum absolute atomic E-state index is 13.1. The maximum atomic E-state index is 13.1. The van der Waals surface area contributed by atoms with E-state index in [4.69, 9.17) is 9.47 Å². The van der Waals surface area contributed by atoms with E-state index in [1.165, 1.54) is 20.3 Å². The monoisotopic (exact) mass is 331 g/mol. The number of hydrogen-bond donors (Lipinski definition) is 1. The summed E-state index contributed by atoms with van der Waals surface area (Å²) in [4.78, 5) is 12.4. The van der Waals surface area contributed by atoms with Crippen molar-refractivity contribution in [1.29, 1.82) is 0 Å². The van der Waals surface area contributed by atoms with E-state index in [1.807, 2.05) is 0 Å². The summed E-state index contributed by atoms with van der Waals surface area (Å²) in [5.74, 6) is -1.35. The summed E-state index contributed by atoms with van der Waals surface area (Å²) in [6.45, 7) is 0. The highest BCUT2D eigenvalue weighted by molar-refractivity contribution is 5.97. The Kier molecular flexibility index (Phi) is 5.38. The number of carbonyl (C=O) groups excluding carboxylic acids is 1. The number of nitrogens with one attached hydrogen (secondary N) is 1. The molecule has 7 heteroatoms. The second-order valence-electron chi connectivity index (χ2n) is 5.58. The van der Waals surface area contributed by atoms with E-state index in [2.05, 4.69) is 5.32 Å². The molecule has 128 valence electrons. The fraction of sp³-hybridized carbons (Fsp3) is 0.562. The molecule has 4 nitrogen and oxygen atoms in total. The predicted octanol–water partition coefficient (Wildman–Crippen LogP) is 3.55. The molecule has 1 aromatic carbocycles. The Morgan fingerprint density at radius 3 is 2.48 bits per heavy atom. The fourth-order valence-corrected chi connectivity index (χ4v) is 2.93. The molecule has 1 aromatic rings. The molecule has 1 fully saturated rings.